The second-order valence-corrected chi connectivity index (χ2v) is 3.25. The lowest BCUT2D eigenvalue weighted by Crippen LogP contribution is -2.38. The molecule has 2 rings (SSSR count). The molecule has 1 saturated heterocycles. The summed E-state index contributed by atoms with van der Waals surface area (Å²) in [6, 6.07) is 3.57. The monoisotopic (exact) mass is 192 g/mol. The van der Waals surface area contributed by atoms with E-state index in [1.54, 1.807) is 12.4 Å². The molecule has 14 heavy (non-hydrogen) atoms. The van der Waals surface area contributed by atoms with Crippen LogP contribution in [0.15, 0.2) is 24.5 Å². The molecule has 5 heteroatoms. The minimum Gasteiger partial charge on any atom is -0.368 e. The van der Waals surface area contributed by atoms with Crippen LogP contribution in [0.25, 0.3) is 0 Å². The van der Waals surface area contributed by atoms with Crippen molar-refractivity contribution in [2.24, 2.45) is 5.73 Å². The van der Waals surface area contributed by atoms with Gasteiger partial charge in [-0.1, -0.05) is 0 Å². The molecular formula is C9H12N4O. The number of primary amides is 1. The molecule has 0 bridgehead atoms. The zero-order chi connectivity index (χ0) is 9.97. The van der Waals surface area contributed by atoms with Gasteiger partial charge in [0, 0.05) is 12.7 Å². The molecule has 2 heterocycles. The number of carbonyl (C=O) groups is 1. The number of nitrogens with one attached hydrogen (secondary N) is 1. The van der Waals surface area contributed by atoms with E-state index in [4.69, 9.17) is 5.73 Å². The van der Waals surface area contributed by atoms with Crippen molar-refractivity contribution >= 4 is 11.6 Å². The maximum Gasteiger partial charge on any atom is 0.236 e. The highest BCUT2D eigenvalue weighted by Gasteiger charge is 2.25. The van der Waals surface area contributed by atoms with Gasteiger partial charge in [0.15, 0.2) is 0 Å². The molecule has 1 amide bonds. The molecular weight excluding hydrogens is 180 g/mol. The van der Waals surface area contributed by atoms with Crippen molar-refractivity contribution in [1.82, 2.24) is 10.3 Å². The summed E-state index contributed by atoms with van der Waals surface area (Å²) in [4.78, 5) is 16.9. The predicted molar refractivity (Wildman–Crippen MR) is 52.6 cm³/mol. The molecule has 1 fully saturated rings. The van der Waals surface area contributed by atoms with E-state index in [0.29, 0.717) is 13.2 Å². The summed E-state index contributed by atoms with van der Waals surface area (Å²) in [5, 5.41) is 3.03. The standard InChI is InChI=1S/C9H12N4O/c10-9(14)8-5-13(6-12-8)7-2-1-3-11-4-7/h1-4,8,12H,5-6H2,(H2,10,14). The third-order valence-corrected chi connectivity index (χ3v) is 2.29. The predicted octanol–water partition coefficient (Wildman–Crippen LogP) is -0.697. The third kappa shape index (κ3) is 1.67. The summed E-state index contributed by atoms with van der Waals surface area (Å²) in [7, 11) is 0. The number of nitrogens with zero attached hydrogens (tertiary/aromatic N) is 2. The van der Waals surface area contributed by atoms with Crippen LogP contribution >= 0.6 is 0 Å². The van der Waals surface area contributed by atoms with Gasteiger partial charge >= 0.3 is 0 Å². The molecule has 0 saturated carbocycles. The maximum atomic E-state index is 10.9. The van der Waals surface area contributed by atoms with Crippen LogP contribution < -0.4 is 16.0 Å². The number of pyridine rings is 1. The highest BCUT2D eigenvalue weighted by Crippen LogP contribution is 2.14. The molecule has 0 radical (unpaired) electrons. The minimum atomic E-state index is -0.309. The van der Waals surface area contributed by atoms with E-state index in [0.717, 1.165) is 5.69 Å². The van der Waals surface area contributed by atoms with Gasteiger partial charge in [-0.3, -0.25) is 15.1 Å². The number of hydrogen-bond acceptors (Lipinski definition) is 4. The largest absolute Gasteiger partial charge is 0.368 e. The first-order valence-electron chi connectivity index (χ1n) is 4.45. The lowest BCUT2D eigenvalue weighted by Gasteiger charge is -2.15. The Morgan fingerprint density at radius 1 is 1.71 bits per heavy atom. The summed E-state index contributed by atoms with van der Waals surface area (Å²) in [6.45, 7) is 1.25. The van der Waals surface area contributed by atoms with Crippen molar-refractivity contribution in [1.29, 1.82) is 0 Å². The Bertz CT molecular complexity index is 327. The Morgan fingerprint density at radius 2 is 2.57 bits per heavy atom. The van der Waals surface area contributed by atoms with Crippen LogP contribution in [-0.2, 0) is 4.79 Å². The number of aromatic nitrogens is 1. The Hall–Kier alpha value is -1.62. The SMILES string of the molecule is NC(=O)C1CN(c2cccnc2)CN1. The molecule has 1 unspecified atom stereocenters. The average Bonchev–Trinajstić information content (AvgIpc) is 2.68. The molecule has 0 spiro atoms. The highest BCUT2D eigenvalue weighted by atomic mass is 16.1. The van der Waals surface area contributed by atoms with Crippen molar-refractivity contribution < 1.29 is 4.79 Å². The van der Waals surface area contributed by atoms with Crippen molar-refractivity contribution in [2.45, 2.75) is 6.04 Å². The number of nitrogens with two attached hydrogens (primary N) is 1. The fourth-order valence-electron chi connectivity index (χ4n) is 1.50. The highest BCUT2D eigenvalue weighted by molar-refractivity contribution is 5.81. The Labute approximate surface area is 81.9 Å². The van der Waals surface area contributed by atoms with Gasteiger partial charge in [0.2, 0.25) is 5.91 Å². The van der Waals surface area contributed by atoms with E-state index >= 15 is 0 Å². The second-order valence-electron chi connectivity index (χ2n) is 3.25. The third-order valence-electron chi connectivity index (χ3n) is 2.29. The molecule has 0 aromatic carbocycles. The van der Waals surface area contributed by atoms with Gasteiger partial charge < -0.3 is 10.6 Å². The fourth-order valence-corrected chi connectivity index (χ4v) is 1.50. The first-order chi connectivity index (χ1) is 6.77. The molecule has 1 atom stereocenters. The summed E-state index contributed by atoms with van der Waals surface area (Å²) in [5.74, 6) is -0.309. The van der Waals surface area contributed by atoms with Gasteiger partial charge in [0.05, 0.1) is 18.6 Å². The number of amides is 1. The summed E-state index contributed by atoms with van der Waals surface area (Å²) in [5.41, 5.74) is 6.20. The maximum absolute atomic E-state index is 10.9. The van der Waals surface area contributed by atoms with E-state index in [9.17, 15) is 4.79 Å². The van der Waals surface area contributed by atoms with Gasteiger partial charge in [-0.25, -0.2) is 0 Å². The van der Waals surface area contributed by atoms with Gasteiger partial charge in [0.25, 0.3) is 0 Å². The first kappa shape index (κ1) is 8.96. The van der Waals surface area contributed by atoms with Gasteiger partial charge in [0.1, 0.15) is 6.04 Å². The Balaban J connectivity index is 2.06. The average molecular weight is 192 g/mol. The number of hydrogen-bond donors (Lipinski definition) is 2. The van der Waals surface area contributed by atoms with E-state index < -0.39 is 0 Å². The number of rotatable bonds is 2. The zero-order valence-corrected chi connectivity index (χ0v) is 7.68. The molecule has 1 aliphatic rings. The smallest absolute Gasteiger partial charge is 0.236 e. The van der Waals surface area contributed by atoms with Crippen LogP contribution in [0, 0.1) is 0 Å². The Morgan fingerprint density at radius 3 is 3.14 bits per heavy atom. The van der Waals surface area contributed by atoms with Gasteiger partial charge in [-0.05, 0) is 12.1 Å². The van der Waals surface area contributed by atoms with Gasteiger partial charge in [-0.2, -0.15) is 0 Å². The van der Waals surface area contributed by atoms with E-state index in [1.807, 2.05) is 17.0 Å². The zero-order valence-electron chi connectivity index (χ0n) is 7.68. The quantitative estimate of drug-likeness (QED) is 0.650. The van der Waals surface area contributed by atoms with Crippen molar-refractivity contribution in [3.05, 3.63) is 24.5 Å². The molecule has 1 aromatic heterocycles. The van der Waals surface area contributed by atoms with Crippen LogP contribution in [-0.4, -0.2) is 30.1 Å². The van der Waals surface area contributed by atoms with E-state index in [-0.39, 0.29) is 11.9 Å². The molecule has 74 valence electrons. The fraction of sp³-hybridized carbons (Fsp3) is 0.333. The summed E-state index contributed by atoms with van der Waals surface area (Å²) in [6.07, 6.45) is 3.49. The van der Waals surface area contributed by atoms with Crippen molar-refractivity contribution in [3.63, 3.8) is 0 Å². The lowest BCUT2D eigenvalue weighted by atomic mass is 10.3. The number of carbonyl (C=O) groups excluding carboxylic acids is 1. The van der Waals surface area contributed by atoms with E-state index in [1.165, 1.54) is 0 Å². The first-order valence-corrected chi connectivity index (χ1v) is 4.45. The number of anilines is 1. The van der Waals surface area contributed by atoms with Crippen molar-refractivity contribution in [2.75, 3.05) is 18.1 Å². The van der Waals surface area contributed by atoms with Crippen LogP contribution in [0.5, 0.6) is 0 Å². The van der Waals surface area contributed by atoms with Crippen LogP contribution in [0.2, 0.25) is 0 Å². The summed E-state index contributed by atoms with van der Waals surface area (Å²) < 4.78 is 0. The van der Waals surface area contributed by atoms with Crippen LogP contribution in [0.4, 0.5) is 5.69 Å². The normalized spacial score (nSPS) is 21.1. The molecule has 1 aromatic rings. The molecule has 5 nitrogen and oxygen atoms in total. The summed E-state index contributed by atoms with van der Waals surface area (Å²) >= 11 is 0. The molecule has 0 aliphatic carbocycles. The van der Waals surface area contributed by atoms with Crippen LogP contribution in [0.3, 0.4) is 0 Å². The lowest BCUT2D eigenvalue weighted by molar-refractivity contribution is -0.119. The molecule has 1 aliphatic heterocycles. The van der Waals surface area contributed by atoms with Gasteiger partial charge in [-0.15, -0.1) is 0 Å². The van der Waals surface area contributed by atoms with E-state index in [2.05, 4.69) is 10.3 Å². The second kappa shape index (κ2) is 3.63. The topological polar surface area (TPSA) is 71.2 Å². The molecule has 3 N–H and O–H groups in total. The minimum absolute atomic E-state index is 0.254. The Kier molecular flexibility index (Phi) is 2.32. The van der Waals surface area contributed by atoms with Crippen molar-refractivity contribution in [3.8, 4) is 0 Å². The van der Waals surface area contributed by atoms with Crippen LogP contribution in [0.1, 0.15) is 0 Å².